The molecule has 4 nitrogen and oxygen atoms in total. The van der Waals surface area contributed by atoms with E-state index in [4.69, 9.17) is 9.47 Å². The van der Waals surface area contributed by atoms with Gasteiger partial charge in [0.2, 0.25) is 5.78 Å². The molecule has 0 amide bonds. The average molecular weight is 454 g/mol. The van der Waals surface area contributed by atoms with Crippen molar-refractivity contribution in [2.24, 2.45) is 0 Å². The van der Waals surface area contributed by atoms with E-state index in [0.717, 1.165) is 35.5 Å². The lowest BCUT2D eigenvalue weighted by Crippen LogP contribution is -2.32. The molecule has 34 heavy (non-hydrogen) atoms. The molecule has 0 N–H and O–H groups in total. The number of nitrogens with zero attached hydrogens (tertiary/aromatic N) is 1. The first-order chi connectivity index (χ1) is 16.2. The Morgan fingerprint density at radius 3 is 2.35 bits per heavy atom. The summed E-state index contributed by atoms with van der Waals surface area (Å²) >= 11 is 0. The number of ketones is 1. The molecule has 0 aliphatic carbocycles. The molecule has 5 rings (SSSR count). The van der Waals surface area contributed by atoms with Crippen LogP contribution in [0.5, 0.6) is 11.5 Å². The van der Waals surface area contributed by atoms with Crippen LogP contribution in [0.3, 0.4) is 0 Å². The zero-order valence-corrected chi connectivity index (χ0v) is 20.6. The van der Waals surface area contributed by atoms with Crippen LogP contribution in [0.4, 0.5) is 0 Å². The maximum atomic E-state index is 13.2. The van der Waals surface area contributed by atoms with Crippen LogP contribution in [-0.2, 0) is 18.5 Å². The van der Waals surface area contributed by atoms with Crippen LogP contribution in [0, 0.1) is 13.8 Å². The molecule has 0 fully saturated rings. The number of aryl methyl sites for hydroxylation is 1. The smallest absolute Gasteiger partial charge is 0.231 e. The molecule has 3 aromatic carbocycles. The first-order valence-corrected chi connectivity index (χ1v) is 11.8. The third kappa shape index (κ3) is 4.26. The van der Waals surface area contributed by atoms with Gasteiger partial charge in [0.25, 0.3) is 0 Å². The van der Waals surface area contributed by atoms with Crippen molar-refractivity contribution in [1.29, 1.82) is 0 Å². The molecular formula is C30H31NO3. The third-order valence-electron chi connectivity index (χ3n) is 6.60. The standard InChI is InChI=1S/C30H31NO3/c1-19-6-8-22(9-7-19)16-31-17-23-15-25-27(32)26(34-29(25)20(2)28(23)33-18-31)14-21-10-12-24(13-11-21)30(3,4)5/h6-15H,16-18H2,1-5H3/b26-14-. The molecule has 2 aliphatic rings. The van der Waals surface area contributed by atoms with E-state index in [0.29, 0.717) is 23.8 Å². The van der Waals surface area contributed by atoms with E-state index < -0.39 is 0 Å². The number of ether oxygens (including phenoxy) is 2. The van der Waals surface area contributed by atoms with Crippen LogP contribution >= 0.6 is 0 Å². The summed E-state index contributed by atoms with van der Waals surface area (Å²) in [5.41, 5.74) is 7.34. The predicted octanol–water partition coefficient (Wildman–Crippen LogP) is 6.57. The maximum Gasteiger partial charge on any atom is 0.231 e. The number of carbonyl (C=O) groups is 1. The van der Waals surface area contributed by atoms with E-state index in [-0.39, 0.29) is 11.2 Å². The number of carbonyl (C=O) groups excluding carboxylic acids is 1. The first-order valence-electron chi connectivity index (χ1n) is 11.8. The van der Waals surface area contributed by atoms with E-state index in [9.17, 15) is 4.79 Å². The van der Waals surface area contributed by atoms with Crippen LogP contribution in [-0.4, -0.2) is 17.4 Å². The number of allylic oxidation sites excluding steroid dienone is 1. The Balaban J connectivity index is 1.38. The number of rotatable bonds is 3. The monoisotopic (exact) mass is 453 g/mol. The molecule has 4 heteroatoms. The molecule has 0 bridgehead atoms. The second kappa shape index (κ2) is 8.44. The van der Waals surface area contributed by atoms with E-state index in [1.807, 2.05) is 31.2 Å². The van der Waals surface area contributed by atoms with Crippen LogP contribution in [0.1, 0.15) is 64.5 Å². The summed E-state index contributed by atoms with van der Waals surface area (Å²) in [6, 6.07) is 18.8. The summed E-state index contributed by atoms with van der Waals surface area (Å²) in [6.45, 7) is 12.7. The van der Waals surface area contributed by atoms with Crippen molar-refractivity contribution in [3.05, 3.63) is 99.3 Å². The van der Waals surface area contributed by atoms with Gasteiger partial charge in [0, 0.05) is 24.2 Å². The number of hydrogen-bond acceptors (Lipinski definition) is 4. The highest BCUT2D eigenvalue weighted by atomic mass is 16.5. The van der Waals surface area contributed by atoms with Crippen LogP contribution in [0.2, 0.25) is 0 Å². The quantitative estimate of drug-likeness (QED) is 0.421. The van der Waals surface area contributed by atoms with Crippen molar-refractivity contribution >= 4 is 11.9 Å². The minimum absolute atomic E-state index is 0.0727. The molecule has 0 atom stereocenters. The molecule has 2 aliphatic heterocycles. The van der Waals surface area contributed by atoms with E-state index in [1.54, 1.807) is 0 Å². The molecule has 174 valence electrons. The predicted molar refractivity (Wildman–Crippen MR) is 135 cm³/mol. The van der Waals surface area contributed by atoms with Gasteiger partial charge in [-0.2, -0.15) is 0 Å². The van der Waals surface area contributed by atoms with E-state index in [1.165, 1.54) is 16.7 Å². The van der Waals surface area contributed by atoms with Crippen molar-refractivity contribution in [3.63, 3.8) is 0 Å². The van der Waals surface area contributed by atoms with Gasteiger partial charge in [-0.1, -0.05) is 74.9 Å². The fourth-order valence-corrected chi connectivity index (χ4v) is 4.58. The summed E-state index contributed by atoms with van der Waals surface area (Å²) in [5, 5.41) is 0. The average Bonchev–Trinajstić information content (AvgIpc) is 3.11. The largest absolute Gasteiger partial charge is 0.477 e. The van der Waals surface area contributed by atoms with Crippen molar-refractivity contribution in [1.82, 2.24) is 4.90 Å². The molecule has 2 heterocycles. The van der Waals surface area contributed by atoms with Crippen molar-refractivity contribution in [2.75, 3.05) is 6.73 Å². The lowest BCUT2D eigenvalue weighted by molar-refractivity contribution is 0.0876. The SMILES string of the molecule is Cc1ccc(CN2COc3c(cc4c(c3C)O/C(=C\c3ccc(C(C)(C)C)cc3)C4=O)C2)cc1. The second-order valence-corrected chi connectivity index (χ2v) is 10.4. The van der Waals surface area contributed by atoms with Crippen LogP contribution < -0.4 is 9.47 Å². The fraction of sp³-hybridized carbons (Fsp3) is 0.300. The molecule has 0 unspecified atom stereocenters. The Morgan fingerprint density at radius 1 is 0.971 bits per heavy atom. The van der Waals surface area contributed by atoms with Crippen LogP contribution in [0.25, 0.3) is 6.08 Å². The van der Waals surface area contributed by atoms with Gasteiger partial charge in [-0.05, 0) is 48.1 Å². The topological polar surface area (TPSA) is 38.8 Å². The lowest BCUT2D eigenvalue weighted by Gasteiger charge is -2.30. The Kier molecular flexibility index (Phi) is 5.57. The van der Waals surface area contributed by atoms with Crippen LogP contribution in [0.15, 0.2) is 60.4 Å². The first kappa shape index (κ1) is 22.4. The molecular weight excluding hydrogens is 422 g/mol. The number of benzene rings is 3. The van der Waals surface area contributed by atoms with Gasteiger partial charge in [0.1, 0.15) is 18.2 Å². The second-order valence-electron chi connectivity index (χ2n) is 10.4. The number of hydrogen-bond donors (Lipinski definition) is 0. The Hall–Kier alpha value is -3.37. The normalized spacial score (nSPS) is 16.7. The summed E-state index contributed by atoms with van der Waals surface area (Å²) in [4.78, 5) is 15.5. The zero-order valence-electron chi connectivity index (χ0n) is 20.6. The Bertz CT molecular complexity index is 1280. The Morgan fingerprint density at radius 2 is 1.68 bits per heavy atom. The molecule has 0 saturated heterocycles. The molecule has 0 aromatic heterocycles. The highest BCUT2D eigenvalue weighted by Gasteiger charge is 2.33. The molecule has 0 spiro atoms. The molecule has 3 aromatic rings. The summed E-state index contributed by atoms with van der Waals surface area (Å²) in [5.74, 6) is 1.74. The number of Topliss-reactive ketones (excluding diaryl/α,β-unsaturated/α-hetero) is 1. The van der Waals surface area contributed by atoms with Crippen molar-refractivity contribution in [2.45, 2.75) is 53.1 Å². The highest BCUT2D eigenvalue weighted by Crippen LogP contribution is 2.43. The maximum absolute atomic E-state index is 13.2. The van der Waals surface area contributed by atoms with Crippen molar-refractivity contribution in [3.8, 4) is 11.5 Å². The van der Waals surface area contributed by atoms with Gasteiger partial charge in [0.05, 0.1) is 5.56 Å². The molecule has 0 saturated carbocycles. The summed E-state index contributed by atoms with van der Waals surface area (Å²) in [6.07, 6.45) is 1.83. The fourth-order valence-electron chi connectivity index (χ4n) is 4.58. The lowest BCUT2D eigenvalue weighted by atomic mass is 9.86. The van der Waals surface area contributed by atoms with E-state index in [2.05, 4.69) is 69.0 Å². The van der Waals surface area contributed by atoms with Gasteiger partial charge in [-0.25, -0.2) is 0 Å². The minimum Gasteiger partial charge on any atom is -0.477 e. The number of fused-ring (bicyclic) bond motifs is 2. The summed E-state index contributed by atoms with van der Waals surface area (Å²) in [7, 11) is 0. The zero-order chi connectivity index (χ0) is 24.0. The van der Waals surface area contributed by atoms with Gasteiger partial charge in [0.15, 0.2) is 5.76 Å². The minimum atomic E-state index is -0.0727. The Labute approximate surface area is 201 Å². The van der Waals surface area contributed by atoms with Gasteiger partial charge in [-0.3, -0.25) is 9.69 Å². The van der Waals surface area contributed by atoms with Crippen molar-refractivity contribution < 1.29 is 14.3 Å². The van der Waals surface area contributed by atoms with E-state index >= 15 is 0 Å². The molecule has 0 radical (unpaired) electrons. The third-order valence-corrected chi connectivity index (χ3v) is 6.60. The van der Waals surface area contributed by atoms with Gasteiger partial charge < -0.3 is 9.47 Å². The van der Waals surface area contributed by atoms with Gasteiger partial charge >= 0.3 is 0 Å². The van der Waals surface area contributed by atoms with Gasteiger partial charge in [-0.15, -0.1) is 0 Å². The summed E-state index contributed by atoms with van der Waals surface area (Å²) < 4.78 is 12.2. The highest BCUT2D eigenvalue weighted by molar-refractivity contribution is 6.15.